The number of aromatic nitrogens is 4. The highest BCUT2D eigenvalue weighted by atomic mass is 16.5. The molecule has 1 amide bonds. The minimum atomic E-state index is -1.04. The summed E-state index contributed by atoms with van der Waals surface area (Å²) in [5.74, 6) is -1.03. The van der Waals surface area contributed by atoms with Crippen LogP contribution in [0.2, 0.25) is 0 Å². The number of carbonyl (C=O) groups is 2. The van der Waals surface area contributed by atoms with E-state index in [-0.39, 0.29) is 24.4 Å². The third kappa shape index (κ3) is 4.35. The van der Waals surface area contributed by atoms with Crippen molar-refractivity contribution in [3.8, 4) is 0 Å². The lowest BCUT2D eigenvalue weighted by atomic mass is 10.2. The number of aryl methyl sites for hydroxylation is 2. The lowest BCUT2D eigenvalue weighted by molar-refractivity contribution is -0.153. The first-order chi connectivity index (χ1) is 12.9. The topological polar surface area (TPSA) is 129 Å². The normalized spacial score (nSPS) is 11.9. The van der Waals surface area contributed by atoms with Crippen molar-refractivity contribution < 1.29 is 18.8 Å². The number of anilines is 1. The lowest BCUT2D eigenvalue weighted by Gasteiger charge is -2.12. The van der Waals surface area contributed by atoms with E-state index in [9.17, 15) is 14.4 Å². The van der Waals surface area contributed by atoms with Gasteiger partial charge in [-0.3, -0.25) is 19.7 Å². The summed E-state index contributed by atoms with van der Waals surface area (Å²) in [4.78, 5) is 36.2. The Morgan fingerprint density at radius 2 is 2.11 bits per heavy atom. The van der Waals surface area contributed by atoms with Gasteiger partial charge in [-0.05, 0) is 26.0 Å². The molecule has 0 fully saturated rings. The highest BCUT2D eigenvalue weighted by molar-refractivity contribution is 5.94. The van der Waals surface area contributed by atoms with Crippen LogP contribution >= 0.6 is 0 Å². The van der Waals surface area contributed by atoms with Gasteiger partial charge in [0.05, 0.1) is 24.0 Å². The van der Waals surface area contributed by atoms with Crippen LogP contribution in [0, 0.1) is 6.92 Å². The van der Waals surface area contributed by atoms with E-state index < -0.39 is 18.0 Å². The van der Waals surface area contributed by atoms with Gasteiger partial charge in [0.1, 0.15) is 5.52 Å². The second kappa shape index (κ2) is 7.77. The molecule has 0 aliphatic carbocycles. The zero-order valence-corrected chi connectivity index (χ0v) is 14.7. The summed E-state index contributed by atoms with van der Waals surface area (Å²) in [5.41, 5.74) is 0.742. The predicted molar refractivity (Wildman–Crippen MR) is 93.8 cm³/mol. The minimum Gasteiger partial charge on any atom is -0.452 e. The van der Waals surface area contributed by atoms with Crippen LogP contribution in [0.3, 0.4) is 0 Å². The summed E-state index contributed by atoms with van der Waals surface area (Å²) < 4.78 is 11.0. The zero-order chi connectivity index (χ0) is 19.4. The number of nitrogens with zero attached hydrogens (tertiary/aromatic N) is 4. The molecule has 0 saturated heterocycles. The molecule has 1 aromatic carbocycles. The van der Waals surface area contributed by atoms with Crippen LogP contribution in [0.15, 0.2) is 39.6 Å². The summed E-state index contributed by atoms with van der Waals surface area (Å²) in [6.07, 6.45) is -1.17. The molecule has 0 aliphatic rings. The molecular weight excluding hydrogens is 354 g/mol. The molecular formula is C17H17N5O5. The Morgan fingerprint density at radius 1 is 1.33 bits per heavy atom. The maximum absolute atomic E-state index is 12.3. The molecule has 1 N–H and O–H groups in total. The number of hydrogen-bond donors (Lipinski definition) is 1. The van der Waals surface area contributed by atoms with Crippen molar-refractivity contribution in [1.29, 1.82) is 0 Å². The number of amides is 1. The molecule has 1 atom stereocenters. The Morgan fingerprint density at radius 3 is 2.85 bits per heavy atom. The first kappa shape index (κ1) is 18.2. The van der Waals surface area contributed by atoms with Gasteiger partial charge in [0.25, 0.3) is 11.5 Å². The van der Waals surface area contributed by atoms with Gasteiger partial charge in [0.15, 0.2) is 6.10 Å². The number of rotatable bonds is 6. The highest BCUT2D eigenvalue weighted by Crippen LogP contribution is 2.09. The van der Waals surface area contributed by atoms with Crippen molar-refractivity contribution in [2.75, 3.05) is 5.32 Å². The van der Waals surface area contributed by atoms with Gasteiger partial charge in [-0.15, -0.1) is 5.10 Å². The first-order valence-electron chi connectivity index (χ1n) is 8.20. The molecule has 0 bridgehead atoms. The summed E-state index contributed by atoms with van der Waals surface area (Å²) in [6, 6.07) is 8.33. The van der Waals surface area contributed by atoms with E-state index >= 15 is 0 Å². The first-order valence-corrected chi connectivity index (χ1v) is 8.20. The Bertz CT molecular complexity index is 1040. The molecule has 2 aromatic heterocycles. The summed E-state index contributed by atoms with van der Waals surface area (Å²) in [5, 5.41) is 14.2. The molecule has 0 spiro atoms. The lowest BCUT2D eigenvalue weighted by Crippen LogP contribution is -2.31. The number of ether oxygens (including phenoxy) is 1. The highest BCUT2D eigenvalue weighted by Gasteiger charge is 2.19. The fraction of sp³-hybridized carbons (Fsp3) is 0.294. The Hall–Kier alpha value is -3.56. The predicted octanol–water partition coefficient (Wildman–Crippen LogP) is 1.05. The van der Waals surface area contributed by atoms with Gasteiger partial charge in [-0.2, -0.15) is 0 Å². The quantitative estimate of drug-likeness (QED) is 0.637. The van der Waals surface area contributed by atoms with Gasteiger partial charge < -0.3 is 9.26 Å². The maximum atomic E-state index is 12.3. The van der Waals surface area contributed by atoms with Crippen LogP contribution in [0.5, 0.6) is 0 Å². The summed E-state index contributed by atoms with van der Waals surface area (Å²) >= 11 is 0. The van der Waals surface area contributed by atoms with Gasteiger partial charge in [0, 0.05) is 6.07 Å². The van der Waals surface area contributed by atoms with Gasteiger partial charge in [-0.1, -0.05) is 22.5 Å². The molecule has 140 valence electrons. The van der Waals surface area contributed by atoms with E-state index in [1.54, 1.807) is 31.2 Å². The van der Waals surface area contributed by atoms with E-state index in [4.69, 9.17) is 9.26 Å². The van der Waals surface area contributed by atoms with E-state index in [2.05, 4.69) is 20.8 Å². The summed E-state index contributed by atoms with van der Waals surface area (Å²) in [7, 11) is 0. The fourth-order valence-corrected chi connectivity index (χ4v) is 2.32. The third-order valence-corrected chi connectivity index (χ3v) is 3.71. The number of carbonyl (C=O) groups excluding carboxylic acids is 2. The average molecular weight is 371 g/mol. The number of nitrogens with one attached hydrogen (secondary N) is 1. The van der Waals surface area contributed by atoms with Crippen LogP contribution < -0.4 is 10.9 Å². The van der Waals surface area contributed by atoms with Gasteiger partial charge in [-0.25, -0.2) is 4.68 Å². The number of esters is 1. The van der Waals surface area contributed by atoms with Crippen LogP contribution in [-0.2, 0) is 20.9 Å². The van der Waals surface area contributed by atoms with Crippen LogP contribution in [0.1, 0.15) is 19.0 Å². The van der Waals surface area contributed by atoms with Crippen molar-refractivity contribution in [2.24, 2.45) is 0 Å². The molecule has 0 saturated carbocycles. The molecule has 0 aliphatic heterocycles. The second-order valence-electron chi connectivity index (χ2n) is 5.84. The molecule has 0 radical (unpaired) electrons. The second-order valence-corrected chi connectivity index (χ2v) is 5.84. The largest absolute Gasteiger partial charge is 0.452 e. The Balaban J connectivity index is 1.55. The number of hydrogen-bond acceptors (Lipinski definition) is 8. The van der Waals surface area contributed by atoms with E-state index in [1.807, 2.05) is 0 Å². The fourth-order valence-electron chi connectivity index (χ4n) is 2.32. The number of fused-ring (bicyclic) bond motifs is 1. The van der Waals surface area contributed by atoms with Crippen molar-refractivity contribution in [3.05, 3.63) is 46.4 Å². The minimum absolute atomic E-state index is 0.00879. The smallest absolute Gasteiger partial charge is 0.308 e. The van der Waals surface area contributed by atoms with Gasteiger partial charge in [0.2, 0.25) is 5.88 Å². The monoisotopic (exact) mass is 371 g/mol. The average Bonchev–Trinajstić information content (AvgIpc) is 3.06. The summed E-state index contributed by atoms with van der Waals surface area (Å²) in [6.45, 7) is 3.13. The third-order valence-electron chi connectivity index (χ3n) is 3.71. The molecule has 0 unspecified atom stereocenters. The van der Waals surface area contributed by atoms with Gasteiger partial charge >= 0.3 is 5.97 Å². The molecule has 10 heteroatoms. The Labute approximate surface area is 153 Å². The van der Waals surface area contributed by atoms with Crippen LogP contribution in [0.25, 0.3) is 10.9 Å². The van der Waals surface area contributed by atoms with Crippen molar-refractivity contribution in [1.82, 2.24) is 20.2 Å². The van der Waals surface area contributed by atoms with E-state index in [0.717, 1.165) is 4.68 Å². The zero-order valence-electron chi connectivity index (χ0n) is 14.7. The van der Waals surface area contributed by atoms with Crippen molar-refractivity contribution in [2.45, 2.75) is 32.9 Å². The standard InChI is InChI=1S/C17H17N5O5/c1-10-9-14(27-20-10)18-16(24)11(2)26-15(23)7-8-22-17(25)12-5-3-4-6-13(12)19-21-22/h3-6,9,11H,7-8H2,1-2H3,(H,18,24)/t11-/m1/s1. The van der Waals surface area contributed by atoms with Crippen molar-refractivity contribution >= 4 is 28.7 Å². The van der Waals surface area contributed by atoms with Crippen LogP contribution in [-0.4, -0.2) is 38.1 Å². The van der Waals surface area contributed by atoms with E-state index in [0.29, 0.717) is 16.6 Å². The number of benzene rings is 1. The Kier molecular flexibility index (Phi) is 5.25. The van der Waals surface area contributed by atoms with Crippen LogP contribution in [0.4, 0.5) is 5.88 Å². The SMILES string of the molecule is Cc1cc(NC(=O)[C@@H](C)OC(=O)CCn2nnc3ccccc3c2=O)on1. The maximum Gasteiger partial charge on any atom is 0.308 e. The molecule has 10 nitrogen and oxygen atoms in total. The molecule has 2 heterocycles. The molecule has 3 aromatic rings. The molecule has 3 rings (SSSR count). The molecule has 27 heavy (non-hydrogen) atoms. The van der Waals surface area contributed by atoms with Crippen molar-refractivity contribution in [3.63, 3.8) is 0 Å². The van der Waals surface area contributed by atoms with E-state index in [1.165, 1.54) is 13.0 Å².